The molecule has 0 aliphatic carbocycles. The first-order valence-electron chi connectivity index (χ1n) is 6.62. The number of H-pyrrole nitrogens is 1. The lowest BCUT2D eigenvalue weighted by molar-refractivity contribution is 0.378. The minimum atomic E-state index is -0.328. The maximum absolute atomic E-state index is 9.46. The molecular formula is C15H16N4O2. The average Bonchev–Trinajstić information content (AvgIpc) is 3.04. The molecule has 3 heterocycles. The monoisotopic (exact) mass is 284 g/mol. The molecule has 0 saturated carbocycles. The minimum absolute atomic E-state index is 0.0863. The van der Waals surface area contributed by atoms with Gasteiger partial charge in [-0.05, 0) is 6.07 Å². The second-order valence-corrected chi connectivity index (χ2v) is 6.05. The van der Waals surface area contributed by atoms with Gasteiger partial charge in [-0.1, -0.05) is 20.8 Å². The highest BCUT2D eigenvalue weighted by molar-refractivity contribution is 5.55. The van der Waals surface area contributed by atoms with Gasteiger partial charge in [0, 0.05) is 16.7 Å². The van der Waals surface area contributed by atoms with Crippen LogP contribution in [0.4, 0.5) is 0 Å². The number of furan rings is 1. The lowest BCUT2D eigenvalue weighted by Gasteiger charge is -2.26. The van der Waals surface area contributed by atoms with Gasteiger partial charge in [-0.15, -0.1) is 5.10 Å². The highest BCUT2D eigenvalue weighted by Crippen LogP contribution is 2.45. The summed E-state index contributed by atoms with van der Waals surface area (Å²) < 4.78 is 10.7. The van der Waals surface area contributed by atoms with Crippen molar-refractivity contribution in [2.75, 3.05) is 0 Å². The molecule has 2 aromatic heterocycles. The maximum atomic E-state index is 9.46. The lowest BCUT2D eigenvalue weighted by atomic mass is 9.79. The summed E-state index contributed by atoms with van der Waals surface area (Å²) in [6, 6.07) is 3.97. The molecule has 0 saturated heterocycles. The summed E-state index contributed by atoms with van der Waals surface area (Å²) in [6.07, 6.45) is 3.19. The predicted molar refractivity (Wildman–Crippen MR) is 75.3 cm³/mol. The third-order valence-electron chi connectivity index (χ3n) is 3.57. The van der Waals surface area contributed by atoms with Crippen LogP contribution in [-0.2, 0) is 5.41 Å². The van der Waals surface area contributed by atoms with E-state index in [1.54, 1.807) is 12.5 Å². The van der Waals surface area contributed by atoms with Crippen LogP contribution in [0.1, 0.15) is 43.5 Å². The second kappa shape index (κ2) is 4.42. The maximum Gasteiger partial charge on any atom is 0.244 e. The van der Waals surface area contributed by atoms with Crippen molar-refractivity contribution in [3.8, 4) is 11.9 Å². The molecule has 3 N–H and O–H groups in total. The first-order valence-corrected chi connectivity index (χ1v) is 6.62. The van der Waals surface area contributed by atoms with Crippen molar-refractivity contribution in [3.63, 3.8) is 0 Å². The summed E-state index contributed by atoms with van der Waals surface area (Å²) in [6.45, 7) is 6.21. The van der Waals surface area contributed by atoms with Gasteiger partial charge in [0.2, 0.25) is 11.8 Å². The molecule has 21 heavy (non-hydrogen) atoms. The summed E-state index contributed by atoms with van der Waals surface area (Å²) in [5.41, 5.74) is 8.69. The van der Waals surface area contributed by atoms with E-state index in [2.05, 4.69) is 37.0 Å². The highest BCUT2D eigenvalue weighted by Gasteiger charge is 2.38. The molecule has 3 rings (SSSR count). The number of aromatic nitrogens is 2. The number of hydrogen-bond donors (Lipinski definition) is 2. The molecule has 1 aliphatic rings. The Balaban J connectivity index is 2.26. The third kappa shape index (κ3) is 1.98. The number of nitriles is 1. The van der Waals surface area contributed by atoms with Crippen LogP contribution in [0, 0.1) is 11.3 Å². The quantitative estimate of drug-likeness (QED) is 0.837. The van der Waals surface area contributed by atoms with Crippen LogP contribution in [0.5, 0.6) is 5.88 Å². The molecule has 0 spiro atoms. The Morgan fingerprint density at radius 1 is 1.43 bits per heavy atom. The number of allylic oxidation sites excluding steroid dienone is 1. The Bertz CT molecular complexity index is 742. The second-order valence-electron chi connectivity index (χ2n) is 6.05. The van der Waals surface area contributed by atoms with E-state index in [0.717, 1.165) is 16.8 Å². The summed E-state index contributed by atoms with van der Waals surface area (Å²) in [5.74, 6) is 0.177. The van der Waals surface area contributed by atoms with Crippen LogP contribution in [0.15, 0.2) is 34.5 Å². The van der Waals surface area contributed by atoms with Gasteiger partial charge in [0.1, 0.15) is 11.6 Å². The van der Waals surface area contributed by atoms with E-state index in [1.807, 2.05) is 6.07 Å². The van der Waals surface area contributed by atoms with Gasteiger partial charge in [0.25, 0.3) is 0 Å². The zero-order valence-electron chi connectivity index (χ0n) is 12.1. The normalized spacial score (nSPS) is 18.1. The summed E-state index contributed by atoms with van der Waals surface area (Å²) >= 11 is 0. The molecule has 1 atom stereocenters. The fourth-order valence-electron chi connectivity index (χ4n) is 2.59. The topological polar surface area (TPSA) is 101 Å². The van der Waals surface area contributed by atoms with Crippen molar-refractivity contribution in [1.29, 1.82) is 5.26 Å². The van der Waals surface area contributed by atoms with Gasteiger partial charge in [-0.2, -0.15) is 5.26 Å². The summed E-state index contributed by atoms with van der Waals surface area (Å²) in [4.78, 5) is 0. The Kier molecular flexibility index (Phi) is 2.80. The number of nitrogens with zero attached hydrogens (tertiary/aromatic N) is 2. The largest absolute Gasteiger partial charge is 0.472 e. The number of rotatable bonds is 1. The molecule has 6 nitrogen and oxygen atoms in total. The number of aromatic amines is 1. The molecule has 1 aliphatic heterocycles. The number of ether oxygens (including phenoxy) is 1. The van der Waals surface area contributed by atoms with Crippen molar-refractivity contribution in [2.45, 2.75) is 32.1 Å². The number of nitrogens with one attached hydrogen (secondary N) is 1. The Morgan fingerprint density at radius 2 is 2.19 bits per heavy atom. The summed E-state index contributed by atoms with van der Waals surface area (Å²) in [5, 5.41) is 16.7. The molecule has 2 aromatic rings. The number of nitrogens with two attached hydrogens (primary N) is 1. The molecule has 0 bridgehead atoms. The molecule has 0 unspecified atom stereocenters. The van der Waals surface area contributed by atoms with E-state index in [9.17, 15) is 5.26 Å². The molecule has 0 amide bonds. The average molecular weight is 284 g/mol. The van der Waals surface area contributed by atoms with Crippen molar-refractivity contribution in [3.05, 3.63) is 46.9 Å². The zero-order valence-corrected chi connectivity index (χ0v) is 12.1. The Labute approximate surface area is 122 Å². The first-order chi connectivity index (χ1) is 9.93. The SMILES string of the molecule is CC(C)(C)c1[nH]nc2c1[C@H](c1ccoc1)C(C#N)=C(N)O2. The van der Waals surface area contributed by atoms with Crippen LogP contribution in [0.2, 0.25) is 0 Å². The van der Waals surface area contributed by atoms with Gasteiger partial charge in [-0.3, -0.25) is 5.10 Å². The van der Waals surface area contributed by atoms with Gasteiger partial charge in [0.05, 0.1) is 24.0 Å². The first kappa shape index (κ1) is 13.3. The molecule has 0 radical (unpaired) electrons. The standard InChI is InChI=1S/C15H16N4O2/c1-15(2,3)12-11-10(8-4-5-20-7-8)9(6-16)13(17)21-14(11)19-18-12/h4-5,7,10H,17H2,1-3H3,(H,18,19)/t10-/m1/s1. The van der Waals surface area contributed by atoms with Gasteiger partial charge < -0.3 is 14.9 Å². The van der Waals surface area contributed by atoms with Crippen molar-refractivity contribution < 1.29 is 9.15 Å². The van der Waals surface area contributed by atoms with E-state index in [1.165, 1.54) is 0 Å². The smallest absolute Gasteiger partial charge is 0.244 e. The van der Waals surface area contributed by atoms with Crippen molar-refractivity contribution >= 4 is 0 Å². The van der Waals surface area contributed by atoms with E-state index in [0.29, 0.717) is 11.5 Å². The molecule has 6 heteroatoms. The fourth-order valence-corrected chi connectivity index (χ4v) is 2.59. The molecule has 108 valence electrons. The van der Waals surface area contributed by atoms with Crippen molar-refractivity contribution in [2.24, 2.45) is 5.73 Å². The Hall–Kier alpha value is -2.68. The molecule has 0 fully saturated rings. The molecule has 0 aromatic carbocycles. The fraction of sp³-hybridized carbons (Fsp3) is 0.333. The van der Waals surface area contributed by atoms with E-state index in [-0.39, 0.29) is 17.2 Å². The summed E-state index contributed by atoms with van der Waals surface area (Å²) in [7, 11) is 0. The van der Waals surface area contributed by atoms with E-state index < -0.39 is 0 Å². The Morgan fingerprint density at radius 3 is 2.76 bits per heavy atom. The third-order valence-corrected chi connectivity index (χ3v) is 3.57. The van der Waals surface area contributed by atoms with Crippen LogP contribution >= 0.6 is 0 Å². The minimum Gasteiger partial charge on any atom is -0.472 e. The number of hydrogen-bond acceptors (Lipinski definition) is 5. The van der Waals surface area contributed by atoms with Gasteiger partial charge in [0.15, 0.2) is 0 Å². The van der Waals surface area contributed by atoms with Crippen LogP contribution < -0.4 is 10.5 Å². The highest BCUT2D eigenvalue weighted by atomic mass is 16.5. The van der Waals surface area contributed by atoms with Crippen LogP contribution in [-0.4, -0.2) is 10.2 Å². The predicted octanol–water partition coefficient (Wildman–Crippen LogP) is 2.52. The van der Waals surface area contributed by atoms with E-state index in [4.69, 9.17) is 14.9 Å². The lowest BCUT2D eigenvalue weighted by Crippen LogP contribution is -2.23. The van der Waals surface area contributed by atoms with E-state index >= 15 is 0 Å². The number of fused-ring (bicyclic) bond motifs is 1. The van der Waals surface area contributed by atoms with Gasteiger partial charge in [-0.25, -0.2) is 0 Å². The van der Waals surface area contributed by atoms with Crippen LogP contribution in [0.25, 0.3) is 0 Å². The zero-order chi connectivity index (χ0) is 15.2. The van der Waals surface area contributed by atoms with Crippen molar-refractivity contribution in [1.82, 2.24) is 10.2 Å². The van der Waals surface area contributed by atoms with Gasteiger partial charge >= 0.3 is 0 Å². The van der Waals surface area contributed by atoms with Crippen LogP contribution in [0.3, 0.4) is 0 Å². The molecular weight excluding hydrogens is 268 g/mol.